The van der Waals surface area contributed by atoms with Gasteiger partial charge in [-0.3, -0.25) is 4.79 Å². The summed E-state index contributed by atoms with van der Waals surface area (Å²) in [5.74, 6) is 1.63. The summed E-state index contributed by atoms with van der Waals surface area (Å²) in [6.07, 6.45) is 8.92. The number of aliphatic hydroxyl groups excluding tert-OH is 1. The third-order valence-electron chi connectivity index (χ3n) is 8.84. The molecule has 0 radical (unpaired) electrons. The second-order valence-corrected chi connectivity index (χ2v) is 13.2. The summed E-state index contributed by atoms with van der Waals surface area (Å²) in [5, 5.41) is 37.8. The number of nitrogens with zero attached hydrogens (tertiary/aromatic N) is 5. The van der Waals surface area contributed by atoms with Crippen molar-refractivity contribution in [2.75, 3.05) is 11.5 Å². The van der Waals surface area contributed by atoms with Crippen molar-refractivity contribution < 1.29 is 19.7 Å². The van der Waals surface area contributed by atoms with E-state index in [4.69, 9.17) is 9.72 Å². The van der Waals surface area contributed by atoms with Crippen molar-refractivity contribution in [1.29, 1.82) is 5.26 Å². The molecule has 2 aliphatic carbocycles. The van der Waals surface area contributed by atoms with Crippen LogP contribution < -0.4 is 15.0 Å². The van der Waals surface area contributed by atoms with E-state index in [1.54, 1.807) is 24.6 Å². The molecule has 10 nitrogen and oxygen atoms in total. The molecule has 2 saturated heterocycles. The van der Waals surface area contributed by atoms with Gasteiger partial charge in [0.2, 0.25) is 5.91 Å². The molecule has 5 atom stereocenters. The first-order chi connectivity index (χ1) is 19.4. The minimum Gasteiger partial charge on any atom is -0.489 e. The van der Waals surface area contributed by atoms with E-state index in [1.807, 2.05) is 38.2 Å². The predicted octanol–water partition coefficient (Wildman–Crippen LogP) is 3.44. The number of piperidine rings is 2. The highest BCUT2D eigenvalue weighted by Gasteiger charge is 2.55. The lowest BCUT2D eigenvalue weighted by Gasteiger charge is -2.62. The molecule has 10 heteroatoms. The summed E-state index contributed by atoms with van der Waals surface area (Å²) in [5.41, 5.74) is 1.48. The molecule has 2 aliphatic heterocycles. The zero-order valence-corrected chi connectivity index (χ0v) is 24.0. The SMILES string of the molecule is CC(C)C(O)C(=O)N[C@]12C[C@@H]3C[C@H](C1)N(c1ccc(-c4cc(OCC(C)(C)O)cn5ncc(C#N)c45)cn1)[C@@H](C3)C2. The van der Waals surface area contributed by atoms with Crippen molar-refractivity contribution in [3.63, 3.8) is 0 Å². The smallest absolute Gasteiger partial charge is 0.249 e. The zero-order valence-electron chi connectivity index (χ0n) is 24.0. The Labute approximate surface area is 239 Å². The molecule has 2 saturated carbocycles. The molecule has 0 spiro atoms. The fourth-order valence-electron chi connectivity index (χ4n) is 7.23. The van der Waals surface area contributed by atoms with Crippen molar-refractivity contribution in [2.24, 2.45) is 11.8 Å². The van der Waals surface area contributed by atoms with Gasteiger partial charge in [0.1, 0.15) is 30.3 Å². The third-order valence-corrected chi connectivity index (χ3v) is 8.84. The maximum Gasteiger partial charge on any atom is 0.249 e. The highest BCUT2D eigenvalue weighted by molar-refractivity contribution is 5.85. The molecule has 3 N–H and O–H groups in total. The first-order valence-electron chi connectivity index (χ1n) is 14.5. The molecule has 4 bridgehead atoms. The van der Waals surface area contributed by atoms with Crippen molar-refractivity contribution in [2.45, 2.75) is 89.1 Å². The number of fused-ring (bicyclic) bond motifs is 1. The van der Waals surface area contributed by atoms with Gasteiger partial charge in [-0.2, -0.15) is 10.4 Å². The number of hydrogen-bond acceptors (Lipinski definition) is 8. The maximum atomic E-state index is 12.8. The Hall–Kier alpha value is -3.68. The number of rotatable bonds is 8. The standard InChI is InChI=1S/C31H38N6O4/c1-18(2)28(38)29(39)35-31-10-19-7-22(11-31)37(23(8-19)12-31)26-6-5-20(14-33-26)25-9-24(41-17-30(3,4)40)16-36-27(25)21(13-32)15-34-36/h5-6,9,14-16,18-19,22-23,28,38,40H,7-8,10-12,17H2,1-4H3,(H,35,39)/t19-,22-,23+,28?,31-. The van der Waals surface area contributed by atoms with Crippen LogP contribution in [0.3, 0.4) is 0 Å². The summed E-state index contributed by atoms with van der Waals surface area (Å²) in [7, 11) is 0. The number of nitriles is 1. The number of aromatic nitrogens is 3. The van der Waals surface area contributed by atoms with Gasteiger partial charge in [0.25, 0.3) is 0 Å². The molecule has 0 aromatic carbocycles. The Balaban J connectivity index is 1.27. The summed E-state index contributed by atoms with van der Waals surface area (Å²) in [6, 6.07) is 8.70. The predicted molar refractivity (Wildman–Crippen MR) is 153 cm³/mol. The Morgan fingerprint density at radius 1 is 1.24 bits per heavy atom. The zero-order chi connectivity index (χ0) is 29.1. The quantitative estimate of drug-likeness (QED) is 0.383. The van der Waals surface area contributed by atoms with Gasteiger partial charge >= 0.3 is 0 Å². The van der Waals surface area contributed by atoms with Crippen molar-refractivity contribution in [3.8, 4) is 22.9 Å². The van der Waals surface area contributed by atoms with Crippen LogP contribution in [0.15, 0.2) is 36.8 Å². The number of amides is 1. The summed E-state index contributed by atoms with van der Waals surface area (Å²) in [4.78, 5) is 20.1. The number of nitrogens with one attached hydrogen (secondary N) is 1. The van der Waals surface area contributed by atoms with Crippen LogP contribution in [0.2, 0.25) is 0 Å². The van der Waals surface area contributed by atoms with Gasteiger partial charge in [-0.05, 0) is 76.0 Å². The Morgan fingerprint density at radius 3 is 2.59 bits per heavy atom. The maximum absolute atomic E-state index is 12.8. The van der Waals surface area contributed by atoms with E-state index in [9.17, 15) is 20.3 Å². The van der Waals surface area contributed by atoms with E-state index in [2.05, 4.69) is 21.4 Å². The molecule has 216 valence electrons. The van der Waals surface area contributed by atoms with E-state index in [-0.39, 0.29) is 36.1 Å². The Bertz CT molecular complexity index is 1490. The third kappa shape index (κ3) is 5.13. The number of hydrogen-bond donors (Lipinski definition) is 3. The largest absolute Gasteiger partial charge is 0.489 e. The van der Waals surface area contributed by atoms with Gasteiger partial charge in [-0.1, -0.05) is 13.8 Å². The van der Waals surface area contributed by atoms with Crippen LogP contribution in [-0.2, 0) is 4.79 Å². The summed E-state index contributed by atoms with van der Waals surface area (Å²) >= 11 is 0. The number of carbonyl (C=O) groups excluding carboxylic acids is 1. The average Bonchev–Trinajstić information content (AvgIpc) is 3.33. The van der Waals surface area contributed by atoms with E-state index < -0.39 is 11.7 Å². The second-order valence-electron chi connectivity index (χ2n) is 13.2. The normalized spacial score (nSPS) is 25.9. The van der Waals surface area contributed by atoms with E-state index in [0.717, 1.165) is 49.0 Å². The first-order valence-corrected chi connectivity index (χ1v) is 14.5. The summed E-state index contributed by atoms with van der Waals surface area (Å²) in [6.45, 7) is 7.19. The molecule has 3 aromatic heterocycles. The van der Waals surface area contributed by atoms with Crippen LogP contribution in [0.4, 0.5) is 5.82 Å². The van der Waals surface area contributed by atoms with Crippen molar-refractivity contribution >= 4 is 17.2 Å². The van der Waals surface area contributed by atoms with Crippen molar-refractivity contribution in [1.82, 2.24) is 19.9 Å². The molecule has 7 rings (SSSR count). The minimum atomic E-state index is -0.997. The van der Waals surface area contributed by atoms with Gasteiger partial charge < -0.3 is 25.2 Å². The van der Waals surface area contributed by atoms with Gasteiger partial charge in [-0.15, -0.1) is 0 Å². The molecule has 3 aromatic rings. The van der Waals surface area contributed by atoms with Crippen LogP contribution in [0.5, 0.6) is 5.75 Å². The lowest BCUT2D eigenvalue weighted by molar-refractivity contribution is -0.135. The minimum absolute atomic E-state index is 0.110. The molecule has 4 aliphatic rings. The van der Waals surface area contributed by atoms with E-state index >= 15 is 0 Å². The molecule has 4 fully saturated rings. The first kappa shape index (κ1) is 27.5. The molecular formula is C31H38N6O4. The molecule has 5 heterocycles. The van der Waals surface area contributed by atoms with Crippen molar-refractivity contribution in [3.05, 3.63) is 42.4 Å². The molecular weight excluding hydrogens is 520 g/mol. The van der Waals surface area contributed by atoms with Crippen LogP contribution in [0, 0.1) is 23.2 Å². The lowest BCUT2D eigenvalue weighted by atomic mass is 9.59. The molecule has 41 heavy (non-hydrogen) atoms. The number of ether oxygens (including phenoxy) is 1. The van der Waals surface area contributed by atoms with Gasteiger partial charge in [0.05, 0.1) is 29.1 Å². The lowest BCUT2D eigenvalue weighted by Crippen LogP contribution is -2.70. The van der Waals surface area contributed by atoms with Gasteiger partial charge in [0, 0.05) is 34.9 Å². The number of aliphatic hydroxyl groups is 2. The fourth-order valence-corrected chi connectivity index (χ4v) is 7.23. The van der Waals surface area contributed by atoms with Crippen LogP contribution in [0.1, 0.15) is 65.4 Å². The molecule has 1 amide bonds. The number of carbonyl (C=O) groups is 1. The van der Waals surface area contributed by atoms with Crippen LogP contribution >= 0.6 is 0 Å². The highest BCUT2D eigenvalue weighted by Crippen LogP contribution is 2.52. The fraction of sp³-hybridized carbons (Fsp3) is 0.548. The molecule has 1 unspecified atom stereocenters. The van der Waals surface area contributed by atoms with Crippen LogP contribution in [0.25, 0.3) is 16.6 Å². The van der Waals surface area contributed by atoms with Gasteiger partial charge in [0.15, 0.2) is 0 Å². The topological polar surface area (TPSA) is 136 Å². The van der Waals surface area contributed by atoms with E-state index in [1.165, 1.54) is 6.20 Å². The second kappa shape index (κ2) is 10.00. The number of pyridine rings is 2. The van der Waals surface area contributed by atoms with Gasteiger partial charge in [-0.25, -0.2) is 9.50 Å². The Kier molecular flexibility index (Phi) is 6.70. The number of anilines is 1. The Morgan fingerprint density at radius 2 is 1.98 bits per heavy atom. The summed E-state index contributed by atoms with van der Waals surface area (Å²) < 4.78 is 7.50. The average molecular weight is 559 g/mol. The highest BCUT2D eigenvalue weighted by atomic mass is 16.5. The van der Waals surface area contributed by atoms with Crippen LogP contribution in [-0.4, -0.2) is 66.7 Å². The van der Waals surface area contributed by atoms with E-state index in [0.29, 0.717) is 22.7 Å². The monoisotopic (exact) mass is 558 g/mol.